The van der Waals surface area contributed by atoms with Crippen molar-refractivity contribution in [1.82, 2.24) is 10.3 Å². The zero-order valence-corrected chi connectivity index (χ0v) is 12.5. The van der Waals surface area contributed by atoms with E-state index < -0.39 is 24.7 Å². The Hall–Kier alpha value is -1.15. The van der Waals surface area contributed by atoms with Crippen molar-refractivity contribution in [3.05, 3.63) is 16.1 Å². The number of ether oxygens (including phenoxy) is 1. The van der Waals surface area contributed by atoms with Crippen LogP contribution in [0.2, 0.25) is 0 Å². The molecule has 1 atom stereocenters. The number of halogens is 3. The van der Waals surface area contributed by atoms with Gasteiger partial charge in [0.15, 0.2) is 0 Å². The van der Waals surface area contributed by atoms with Gasteiger partial charge in [-0.15, -0.1) is 11.3 Å². The number of carbonyl (C=O) groups is 1. The summed E-state index contributed by atoms with van der Waals surface area (Å²) >= 11 is 1.31. The quantitative estimate of drug-likeness (QED) is 0.869. The van der Waals surface area contributed by atoms with Crippen molar-refractivity contribution in [3.8, 4) is 0 Å². The number of rotatable bonds is 4. The Morgan fingerprint density at radius 3 is 2.45 bits per heavy atom. The van der Waals surface area contributed by atoms with E-state index in [9.17, 15) is 18.0 Å². The predicted molar refractivity (Wildman–Crippen MR) is 69.6 cm³/mol. The molecule has 0 aromatic carbocycles. The monoisotopic (exact) mass is 310 g/mol. The highest BCUT2D eigenvalue weighted by Gasteiger charge is 2.32. The minimum absolute atomic E-state index is 0.229. The van der Waals surface area contributed by atoms with E-state index in [1.165, 1.54) is 11.3 Å². The summed E-state index contributed by atoms with van der Waals surface area (Å²) in [6.45, 7) is 4.53. The van der Waals surface area contributed by atoms with E-state index in [0.717, 1.165) is 12.1 Å². The van der Waals surface area contributed by atoms with Crippen molar-refractivity contribution < 1.29 is 22.7 Å². The van der Waals surface area contributed by atoms with E-state index in [1.54, 1.807) is 5.38 Å². The number of carbonyl (C=O) groups excluding carboxylic acids is 1. The Kier molecular flexibility index (Phi) is 5.15. The summed E-state index contributed by atoms with van der Waals surface area (Å²) < 4.78 is 41.3. The Labute approximate surface area is 119 Å². The van der Waals surface area contributed by atoms with Crippen molar-refractivity contribution in [2.75, 3.05) is 13.7 Å². The van der Waals surface area contributed by atoms with Crippen LogP contribution in [0.5, 0.6) is 0 Å². The smallest absolute Gasteiger partial charge is 0.401 e. The summed E-state index contributed by atoms with van der Waals surface area (Å²) in [5, 5.41) is 4.46. The average molecular weight is 310 g/mol. The van der Waals surface area contributed by atoms with Gasteiger partial charge in [-0.1, -0.05) is 20.8 Å². The molecule has 0 aliphatic carbocycles. The number of hydrogen-bond donors (Lipinski definition) is 1. The third-order valence-corrected chi connectivity index (χ3v) is 3.69. The molecular formula is C12H17F3N2O2S. The average Bonchev–Trinajstić information content (AvgIpc) is 2.76. The van der Waals surface area contributed by atoms with E-state index in [4.69, 9.17) is 0 Å². The second-order valence-electron chi connectivity index (χ2n) is 5.28. The Bertz CT molecular complexity index is 466. The largest absolute Gasteiger partial charge is 0.468 e. The maximum Gasteiger partial charge on any atom is 0.401 e. The van der Waals surface area contributed by atoms with Crippen LogP contribution in [0, 0.1) is 0 Å². The predicted octanol–water partition coefficient (Wildman–Crippen LogP) is 2.81. The van der Waals surface area contributed by atoms with Crippen LogP contribution in [0.4, 0.5) is 13.2 Å². The highest BCUT2D eigenvalue weighted by atomic mass is 32.1. The number of hydrogen-bond acceptors (Lipinski definition) is 5. The lowest BCUT2D eigenvalue weighted by Crippen LogP contribution is -2.36. The lowest BCUT2D eigenvalue weighted by atomic mass is 9.98. The molecule has 1 N–H and O–H groups in total. The first-order valence-corrected chi connectivity index (χ1v) is 6.76. The molecule has 0 saturated carbocycles. The van der Waals surface area contributed by atoms with Crippen molar-refractivity contribution in [2.24, 2.45) is 0 Å². The summed E-state index contributed by atoms with van der Waals surface area (Å²) in [6.07, 6.45) is -4.41. The van der Waals surface area contributed by atoms with E-state index in [2.05, 4.69) is 15.0 Å². The molecule has 20 heavy (non-hydrogen) atoms. The number of esters is 1. The number of methoxy groups -OCH3 is 1. The first kappa shape index (κ1) is 16.9. The molecule has 4 nitrogen and oxygen atoms in total. The van der Waals surface area contributed by atoms with Gasteiger partial charge < -0.3 is 4.74 Å². The van der Waals surface area contributed by atoms with Crippen LogP contribution < -0.4 is 5.32 Å². The molecule has 0 amide bonds. The van der Waals surface area contributed by atoms with Crippen LogP contribution in [-0.2, 0) is 14.9 Å². The number of nitrogens with one attached hydrogen (secondary N) is 1. The summed E-state index contributed by atoms with van der Waals surface area (Å²) in [5.41, 5.74) is 0.0178. The van der Waals surface area contributed by atoms with Crippen LogP contribution in [0.15, 0.2) is 5.38 Å². The molecule has 0 aliphatic heterocycles. The lowest BCUT2D eigenvalue weighted by Gasteiger charge is -2.17. The van der Waals surface area contributed by atoms with Crippen molar-refractivity contribution in [1.29, 1.82) is 0 Å². The van der Waals surface area contributed by atoms with Crippen molar-refractivity contribution in [3.63, 3.8) is 0 Å². The maximum atomic E-state index is 12.3. The minimum Gasteiger partial charge on any atom is -0.468 e. The Balaban J connectivity index is 2.94. The molecule has 1 aromatic rings. The molecule has 0 fully saturated rings. The number of nitrogens with zero attached hydrogens (tertiary/aromatic N) is 1. The van der Waals surface area contributed by atoms with Crippen LogP contribution in [0.1, 0.15) is 37.5 Å². The van der Waals surface area contributed by atoms with Crippen LogP contribution in [0.3, 0.4) is 0 Å². The first-order chi connectivity index (χ1) is 9.04. The standard InChI is InChI=1S/C12H17F3N2O2S/c1-11(2,3)10-17-7(5-20-10)8(9(18)19-4)16-6-12(13,14)15/h5,8,16H,6H2,1-4H3. The fraction of sp³-hybridized carbons (Fsp3) is 0.667. The fourth-order valence-corrected chi connectivity index (χ4v) is 2.34. The summed E-state index contributed by atoms with van der Waals surface area (Å²) in [7, 11) is 1.13. The van der Waals surface area contributed by atoms with Gasteiger partial charge in [0.2, 0.25) is 0 Å². The molecule has 8 heteroatoms. The summed E-state index contributed by atoms with van der Waals surface area (Å²) in [5.74, 6) is -0.792. The highest BCUT2D eigenvalue weighted by molar-refractivity contribution is 7.09. The molecule has 0 aliphatic rings. The van der Waals surface area contributed by atoms with E-state index in [1.807, 2.05) is 20.8 Å². The van der Waals surface area contributed by atoms with Crippen LogP contribution in [0.25, 0.3) is 0 Å². The molecule has 1 unspecified atom stereocenters. The van der Waals surface area contributed by atoms with Gasteiger partial charge >= 0.3 is 12.1 Å². The van der Waals surface area contributed by atoms with Crippen molar-refractivity contribution in [2.45, 2.75) is 38.4 Å². The SMILES string of the molecule is COC(=O)C(NCC(F)(F)F)c1csc(C(C)(C)C)n1. The summed E-state index contributed by atoms with van der Waals surface area (Å²) in [4.78, 5) is 15.8. The van der Waals surface area contributed by atoms with Gasteiger partial charge in [-0.05, 0) is 0 Å². The highest BCUT2D eigenvalue weighted by Crippen LogP contribution is 2.28. The molecule has 1 aromatic heterocycles. The van der Waals surface area contributed by atoms with Gasteiger partial charge in [-0.3, -0.25) is 5.32 Å². The molecule has 1 rings (SSSR count). The topological polar surface area (TPSA) is 51.2 Å². The fourth-order valence-electron chi connectivity index (χ4n) is 1.41. The van der Waals surface area contributed by atoms with Crippen molar-refractivity contribution >= 4 is 17.3 Å². The van der Waals surface area contributed by atoms with Gasteiger partial charge in [-0.25, -0.2) is 9.78 Å². The second-order valence-corrected chi connectivity index (χ2v) is 6.14. The molecule has 114 valence electrons. The Morgan fingerprint density at radius 2 is 2.05 bits per heavy atom. The summed E-state index contributed by atoms with van der Waals surface area (Å²) in [6, 6.07) is -1.21. The number of thiazole rings is 1. The normalized spacial score (nSPS) is 14.2. The third-order valence-electron chi connectivity index (χ3n) is 2.40. The van der Waals surface area contributed by atoms with Crippen LogP contribution in [-0.4, -0.2) is 30.8 Å². The van der Waals surface area contributed by atoms with E-state index in [-0.39, 0.29) is 11.1 Å². The molecule has 0 spiro atoms. The molecule has 1 heterocycles. The van der Waals surface area contributed by atoms with Gasteiger partial charge in [-0.2, -0.15) is 13.2 Å². The van der Waals surface area contributed by atoms with Crippen LogP contribution >= 0.6 is 11.3 Å². The lowest BCUT2D eigenvalue weighted by molar-refractivity contribution is -0.146. The molecule has 0 saturated heterocycles. The van der Waals surface area contributed by atoms with E-state index >= 15 is 0 Å². The van der Waals surface area contributed by atoms with Gasteiger partial charge in [0.1, 0.15) is 6.04 Å². The second kappa shape index (κ2) is 6.09. The minimum atomic E-state index is -4.41. The zero-order valence-electron chi connectivity index (χ0n) is 11.7. The molecule has 0 radical (unpaired) electrons. The van der Waals surface area contributed by atoms with Gasteiger partial charge in [0.25, 0.3) is 0 Å². The number of alkyl halides is 3. The molecular weight excluding hydrogens is 293 g/mol. The number of aromatic nitrogens is 1. The zero-order chi connectivity index (χ0) is 15.6. The molecule has 0 bridgehead atoms. The van der Waals surface area contributed by atoms with E-state index in [0.29, 0.717) is 0 Å². The van der Waals surface area contributed by atoms with Gasteiger partial charge in [0, 0.05) is 10.8 Å². The first-order valence-electron chi connectivity index (χ1n) is 5.88. The van der Waals surface area contributed by atoms with Gasteiger partial charge in [0.05, 0.1) is 24.4 Å². The maximum absolute atomic E-state index is 12.3. The third kappa shape index (κ3) is 4.75. The Morgan fingerprint density at radius 1 is 1.45 bits per heavy atom.